The molecule has 2 unspecified atom stereocenters. The molecule has 2 aromatic carbocycles. The summed E-state index contributed by atoms with van der Waals surface area (Å²) >= 11 is 2.55. The van der Waals surface area contributed by atoms with E-state index >= 15 is 0 Å². The van der Waals surface area contributed by atoms with Crippen LogP contribution in [0.1, 0.15) is 86.4 Å². The van der Waals surface area contributed by atoms with E-state index in [9.17, 15) is 0 Å². The summed E-state index contributed by atoms with van der Waals surface area (Å²) in [6, 6.07) is 22.9. The number of alkyl halides is 1. The Kier molecular flexibility index (Phi) is 12.5. The van der Waals surface area contributed by atoms with Crippen LogP contribution in [0, 0.1) is 11.8 Å². The molecule has 4 atom stereocenters. The van der Waals surface area contributed by atoms with E-state index in [4.69, 9.17) is 18.3 Å². The van der Waals surface area contributed by atoms with E-state index in [2.05, 4.69) is 188 Å². The number of hydrogen-bond acceptors (Lipinski definition) is 5. The van der Waals surface area contributed by atoms with Crippen LogP contribution in [0.3, 0.4) is 0 Å². The van der Waals surface area contributed by atoms with E-state index in [1.807, 2.05) is 6.20 Å². The summed E-state index contributed by atoms with van der Waals surface area (Å²) in [7, 11) is -6.39. The Morgan fingerprint density at radius 1 is 0.816 bits per heavy atom. The number of hydrogen-bond donors (Lipinski definition) is 0. The molecule has 268 valence electrons. The number of aromatic nitrogens is 1. The Labute approximate surface area is 314 Å². The topological polar surface area (TPSA) is 47.5 Å². The molecule has 1 saturated heterocycles. The van der Waals surface area contributed by atoms with Crippen molar-refractivity contribution in [1.29, 1.82) is 0 Å². The molecule has 0 spiro atoms. The van der Waals surface area contributed by atoms with Crippen LogP contribution < -0.4 is 10.4 Å². The summed E-state index contributed by atoms with van der Waals surface area (Å²) in [6.07, 6.45) is 3.24. The van der Waals surface area contributed by atoms with Gasteiger partial charge in [0.15, 0.2) is 24.9 Å². The number of oxazole rings is 1. The van der Waals surface area contributed by atoms with Crippen LogP contribution >= 0.6 is 22.6 Å². The maximum Gasteiger partial charge on any atom is 0.212 e. The van der Waals surface area contributed by atoms with Crippen LogP contribution in [0.2, 0.25) is 41.3 Å². The lowest BCUT2D eigenvalue weighted by molar-refractivity contribution is 0.220. The molecule has 0 N–H and O–H groups in total. The van der Waals surface area contributed by atoms with Crippen LogP contribution in [0.15, 0.2) is 71.3 Å². The lowest BCUT2D eigenvalue weighted by Crippen LogP contribution is -2.70. The van der Waals surface area contributed by atoms with Gasteiger partial charge in [0.2, 0.25) is 5.89 Å². The largest absolute Gasteiger partial charge is 0.444 e. The molecule has 0 radical (unpaired) electrons. The number of aryl methyl sites for hydroxylation is 1. The van der Waals surface area contributed by atoms with Crippen LogP contribution in [-0.2, 0) is 15.3 Å². The van der Waals surface area contributed by atoms with Crippen LogP contribution in [0.5, 0.6) is 0 Å². The molecule has 1 fully saturated rings. The predicted molar refractivity (Wildman–Crippen MR) is 223 cm³/mol. The Hall–Kier alpha value is -1.53. The lowest BCUT2D eigenvalue weighted by atomic mass is 10.2. The van der Waals surface area contributed by atoms with E-state index in [0.717, 1.165) is 28.9 Å². The van der Waals surface area contributed by atoms with E-state index in [0.29, 0.717) is 12.6 Å². The maximum atomic E-state index is 6.88. The molecule has 1 aliphatic heterocycles. The van der Waals surface area contributed by atoms with Gasteiger partial charge in [0.1, 0.15) is 11.9 Å². The van der Waals surface area contributed by atoms with Gasteiger partial charge < -0.3 is 13.3 Å². The zero-order valence-electron chi connectivity index (χ0n) is 32.4. The highest BCUT2D eigenvalue weighted by Crippen LogP contribution is 2.54. The van der Waals surface area contributed by atoms with Crippen LogP contribution in [0.25, 0.3) is 0 Å². The fourth-order valence-corrected chi connectivity index (χ4v) is 15.9. The van der Waals surface area contributed by atoms with Crippen LogP contribution in [0.4, 0.5) is 0 Å². The fraction of sp³-hybridized carbons (Fsp3) is 0.575. The monoisotopic (exact) mass is 828 g/mol. The molecule has 0 saturated carbocycles. The molecular weight excluding hydrogens is 768 g/mol. The summed E-state index contributed by atoms with van der Waals surface area (Å²) in [5.41, 5.74) is 0. The van der Waals surface area contributed by atoms with E-state index in [1.54, 1.807) is 0 Å². The number of benzene rings is 2. The van der Waals surface area contributed by atoms with E-state index in [-0.39, 0.29) is 27.3 Å². The third-order valence-corrected chi connectivity index (χ3v) is 27.0. The Morgan fingerprint density at radius 2 is 1.35 bits per heavy atom. The van der Waals surface area contributed by atoms with Crippen molar-refractivity contribution < 1.29 is 13.3 Å². The molecule has 5 nitrogen and oxygen atoms in total. The molecule has 1 aromatic heterocycles. The third kappa shape index (κ3) is 8.75. The van der Waals surface area contributed by atoms with Crippen LogP contribution in [-0.4, -0.2) is 57.6 Å². The number of halogens is 1. The van der Waals surface area contributed by atoms with Crippen molar-refractivity contribution >= 4 is 57.8 Å². The zero-order chi connectivity index (χ0) is 36.5. The highest BCUT2D eigenvalue weighted by atomic mass is 127. The van der Waals surface area contributed by atoms with Gasteiger partial charge in [-0.2, -0.15) is 0 Å². The summed E-state index contributed by atoms with van der Waals surface area (Å²) in [4.78, 5) is 4.95. The van der Waals surface area contributed by atoms with Gasteiger partial charge in [0, 0.05) is 16.9 Å². The molecule has 0 aliphatic carbocycles. The van der Waals surface area contributed by atoms with Gasteiger partial charge in [-0.1, -0.05) is 157 Å². The Balaban J connectivity index is 1.60. The average molecular weight is 829 g/mol. The first-order valence-corrected chi connectivity index (χ1v) is 27.2. The average Bonchev–Trinajstić information content (AvgIpc) is 3.53. The van der Waals surface area contributed by atoms with Gasteiger partial charge in [-0.25, -0.2) is 4.98 Å². The number of rotatable bonds is 12. The van der Waals surface area contributed by atoms with Crippen molar-refractivity contribution in [3.8, 4) is 11.8 Å². The molecule has 3 aromatic rings. The molecule has 2 heterocycles. The molecule has 1 aliphatic rings. The summed E-state index contributed by atoms with van der Waals surface area (Å²) in [6.45, 7) is 30.5. The normalized spacial score (nSPS) is 19.7. The SMILES string of the molecule is CC(C)(C)[Si](C)(C)OCC#CC(CCc1cnc([C@@H]2[C@H](CI)N2[Si](c2ccccc2)(c2ccccc2)C(C)(C)C)o1)O[Si](C)(C)C(C)(C)C. The second-order valence-corrected chi connectivity index (χ2v) is 32.7. The minimum absolute atomic E-state index is 0.0191. The first-order valence-electron chi connectivity index (χ1n) is 17.9. The minimum Gasteiger partial charge on any atom is -0.444 e. The molecule has 4 rings (SSSR count). The van der Waals surface area contributed by atoms with Gasteiger partial charge in [-0.05, 0) is 58.1 Å². The second kappa shape index (κ2) is 15.2. The zero-order valence-corrected chi connectivity index (χ0v) is 37.6. The molecular formula is C40H61IN2O3Si3. The van der Waals surface area contributed by atoms with E-state index < -0.39 is 24.9 Å². The van der Waals surface area contributed by atoms with Crippen molar-refractivity contribution in [2.45, 2.75) is 135 Å². The predicted octanol–water partition coefficient (Wildman–Crippen LogP) is 9.74. The lowest BCUT2D eigenvalue weighted by Gasteiger charge is -2.45. The highest BCUT2D eigenvalue weighted by molar-refractivity contribution is 14.1. The highest BCUT2D eigenvalue weighted by Gasteiger charge is 2.66. The van der Waals surface area contributed by atoms with Gasteiger partial charge in [-0.15, -0.1) is 0 Å². The first kappa shape index (κ1) is 40.2. The van der Waals surface area contributed by atoms with Gasteiger partial charge in [0.25, 0.3) is 0 Å². The van der Waals surface area contributed by atoms with Crippen molar-refractivity contribution in [1.82, 2.24) is 9.55 Å². The fourth-order valence-electron chi connectivity index (χ4n) is 6.39. The summed E-state index contributed by atoms with van der Waals surface area (Å²) in [5, 5.41) is 3.12. The van der Waals surface area contributed by atoms with Crippen molar-refractivity contribution in [3.63, 3.8) is 0 Å². The minimum atomic E-state index is -2.48. The Morgan fingerprint density at radius 3 is 1.82 bits per heavy atom. The van der Waals surface area contributed by atoms with Crippen molar-refractivity contribution in [2.75, 3.05) is 11.0 Å². The Bertz CT molecular complexity index is 1540. The summed E-state index contributed by atoms with van der Waals surface area (Å²) < 4.78 is 23.7. The number of nitrogens with zero attached hydrogens (tertiary/aromatic N) is 2. The third-order valence-electron chi connectivity index (χ3n) is 11.2. The van der Waals surface area contributed by atoms with Crippen molar-refractivity contribution in [2.24, 2.45) is 0 Å². The molecule has 0 amide bonds. The quantitative estimate of drug-likeness (QED) is 0.0599. The molecule has 0 bridgehead atoms. The summed E-state index contributed by atoms with van der Waals surface area (Å²) in [5.74, 6) is 8.56. The second-order valence-electron chi connectivity index (χ2n) is 17.7. The van der Waals surface area contributed by atoms with Gasteiger partial charge >= 0.3 is 0 Å². The smallest absolute Gasteiger partial charge is 0.212 e. The first-order chi connectivity index (χ1) is 22.7. The standard InChI is InChI=1S/C40H61IN2O3Si3/c1-38(2,3)47(10,11)44-28-20-21-31(46-48(12,13)39(4,5)6)26-27-32-30-42-37(45-32)36-35(29-41)43(36)49(40(7,8)9,33-22-16-14-17-23-33)34-24-18-15-19-25-34/h14-19,22-25,30-31,35-36H,26-29H2,1-13H3/t31?,35-,36-,43?/m0/s1. The molecule has 49 heavy (non-hydrogen) atoms. The maximum absolute atomic E-state index is 6.88. The van der Waals surface area contributed by atoms with Crippen molar-refractivity contribution in [3.05, 3.63) is 78.5 Å². The van der Waals surface area contributed by atoms with Gasteiger partial charge in [0.05, 0.1) is 18.8 Å². The molecule has 9 heteroatoms. The van der Waals surface area contributed by atoms with Gasteiger partial charge in [-0.3, -0.25) is 4.57 Å². The van der Waals surface area contributed by atoms with E-state index in [1.165, 1.54) is 10.4 Å².